The summed E-state index contributed by atoms with van der Waals surface area (Å²) in [6.07, 6.45) is 1.03. The maximum Gasteiger partial charge on any atom is 0.343 e. The summed E-state index contributed by atoms with van der Waals surface area (Å²) in [7, 11) is -1.18. The summed E-state index contributed by atoms with van der Waals surface area (Å²) in [6.45, 7) is -0.531. The van der Waals surface area contributed by atoms with Crippen molar-refractivity contribution in [2.75, 3.05) is 18.2 Å². The summed E-state index contributed by atoms with van der Waals surface area (Å²) >= 11 is 0. The van der Waals surface area contributed by atoms with E-state index < -0.39 is 51.2 Å². The van der Waals surface area contributed by atoms with Crippen LogP contribution in [0.3, 0.4) is 0 Å². The van der Waals surface area contributed by atoms with Gasteiger partial charge in [-0.3, -0.25) is 9.59 Å². The highest BCUT2D eigenvalue weighted by Crippen LogP contribution is 2.27. The van der Waals surface area contributed by atoms with Gasteiger partial charge in [0.1, 0.15) is 30.5 Å². The van der Waals surface area contributed by atoms with Gasteiger partial charge in [0.25, 0.3) is 5.91 Å². The average molecular weight is 580 g/mol. The van der Waals surface area contributed by atoms with E-state index in [0.29, 0.717) is 11.1 Å². The number of pyridine rings is 1. The average Bonchev–Trinajstić information content (AvgIpc) is 2.99. The largest absolute Gasteiger partial charge is 0.482 e. The number of amides is 1. The molecule has 9 nitrogen and oxygen atoms in total. The molecule has 0 spiro atoms. The Morgan fingerprint density at radius 1 is 0.927 bits per heavy atom. The molecule has 0 aliphatic carbocycles. The van der Waals surface area contributed by atoms with Gasteiger partial charge in [0.15, 0.2) is 22.4 Å². The molecule has 210 valence electrons. The van der Waals surface area contributed by atoms with Gasteiger partial charge in [-0.25, -0.2) is 26.9 Å². The van der Waals surface area contributed by atoms with E-state index in [1.54, 1.807) is 30.3 Å². The van der Waals surface area contributed by atoms with Gasteiger partial charge in [-0.2, -0.15) is 0 Å². The Morgan fingerprint density at radius 2 is 1.61 bits per heavy atom. The zero-order chi connectivity index (χ0) is 29.1. The van der Waals surface area contributed by atoms with Gasteiger partial charge >= 0.3 is 5.97 Å². The van der Waals surface area contributed by atoms with Crippen LogP contribution in [0.25, 0.3) is 0 Å². The van der Waals surface area contributed by atoms with Crippen LogP contribution in [-0.4, -0.2) is 39.4 Å². The van der Waals surface area contributed by atoms with Crippen molar-refractivity contribution in [3.8, 4) is 5.75 Å². The molecule has 0 saturated heterocycles. The van der Waals surface area contributed by atoms with Crippen molar-refractivity contribution in [1.29, 1.82) is 0 Å². The molecule has 3 aromatic carbocycles. The van der Waals surface area contributed by atoms with Crippen molar-refractivity contribution in [1.82, 2.24) is 9.58 Å². The molecule has 1 amide bonds. The highest BCUT2D eigenvalue weighted by Gasteiger charge is 2.38. The number of aromatic nitrogens is 1. The fraction of sp³-hybridized carbons (Fsp3) is 0.138. The topological polar surface area (TPSA) is 98.1 Å². The molecule has 41 heavy (non-hydrogen) atoms. The van der Waals surface area contributed by atoms with Crippen LogP contribution >= 0.6 is 0 Å². The first kappa shape index (κ1) is 27.7. The lowest BCUT2D eigenvalue weighted by molar-refractivity contribution is 0.0591. The summed E-state index contributed by atoms with van der Waals surface area (Å²) in [4.78, 5) is 41.0. The summed E-state index contributed by atoms with van der Waals surface area (Å²) in [6, 6.07) is 19.6. The molecule has 1 aliphatic rings. The summed E-state index contributed by atoms with van der Waals surface area (Å²) in [5.41, 5.74) is -0.489. The molecule has 1 aromatic heterocycles. The Kier molecular flexibility index (Phi) is 7.92. The smallest absolute Gasteiger partial charge is 0.343 e. The number of benzene rings is 3. The number of esters is 1. The summed E-state index contributed by atoms with van der Waals surface area (Å²) in [5, 5.41) is 0. The SMILES string of the molecule is COC(=O)c1cn2c(c(OCc3ccccc3)c1=O)C(=O)N(Cc1ccc(F)cc1)CN2S(=O)c1ccccc1F. The number of hydrogen-bond acceptors (Lipinski definition) is 6. The number of nitrogens with zero attached hydrogens (tertiary/aromatic N) is 3. The van der Waals surface area contributed by atoms with Crippen LogP contribution in [0.1, 0.15) is 32.0 Å². The van der Waals surface area contributed by atoms with Crippen LogP contribution in [0.2, 0.25) is 0 Å². The maximum atomic E-state index is 14.7. The fourth-order valence-electron chi connectivity index (χ4n) is 4.26. The highest BCUT2D eigenvalue weighted by atomic mass is 32.2. The number of fused-ring (bicyclic) bond motifs is 1. The molecular formula is C29H23F2N3O6S. The third-order valence-electron chi connectivity index (χ3n) is 6.30. The molecule has 0 saturated carbocycles. The van der Waals surface area contributed by atoms with Gasteiger partial charge in [0.2, 0.25) is 5.43 Å². The van der Waals surface area contributed by atoms with Gasteiger partial charge in [0.05, 0.1) is 12.0 Å². The standard InChI is InChI=1S/C29H23F2N3O6S/c1-39-29(37)22-16-33-25(27(26(22)35)40-17-20-7-3-2-4-8-20)28(36)32(15-19-11-13-21(30)14-12-19)18-34(33)41(38)24-10-6-5-9-23(24)31/h2-14,16H,15,17-18H2,1H3. The normalized spacial score (nSPS) is 13.5. The lowest BCUT2D eigenvalue weighted by Gasteiger charge is -2.39. The molecule has 0 radical (unpaired) electrons. The van der Waals surface area contributed by atoms with Crippen LogP contribution in [0, 0.1) is 11.6 Å². The van der Waals surface area contributed by atoms with Gasteiger partial charge in [-0.05, 0) is 35.4 Å². The Morgan fingerprint density at radius 3 is 2.29 bits per heavy atom. The Balaban J connectivity index is 1.68. The first-order chi connectivity index (χ1) is 19.8. The lowest BCUT2D eigenvalue weighted by atomic mass is 10.1. The van der Waals surface area contributed by atoms with Gasteiger partial charge < -0.3 is 14.4 Å². The van der Waals surface area contributed by atoms with Crippen molar-refractivity contribution in [3.05, 3.63) is 129 Å². The van der Waals surface area contributed by atoms with E-state index in [1.165, 1.54) is 47.4 Å². The Bertz CT molecular complexity index is 1700. The number of halogens is 2. The van der Waals surface area contributed by atoms with Crippen molar-refractivity contribution < 1.29 is 32.1 Å². The number of rotatable bonds is 8. The third-order valence-corrected chi connectivity index (χ3v) is 7.68. The third kappa shape index (κ3) is 5.59. The van der Waals surface area contributed by atoms with Crippen LogP contribution < -0.4 is 14.6 Å². The van der Waals surface area contributed by atoms with Crippen molar-refractivity contribution in [3.63, 3.8) is 0 Å². The zero-order valence-corrected chi connectivity index (χ0v) is 22.5. The molecule has 5 rings (SSSR count). The summed E-state index contributed by atoms with van der Waals surface area (Å²) in [5.74, 6) is -3.39. The Labute approximate surface area is 235 Å². The molecule has 1 aliphatic heterocycles. The second kappa shape index (κ2) is 11.7. The first-order valence-electron chi connectivity index (χ1n) is 12.3. The monoisotopic (exact) mass is 579 g/mol. The van der Waals surface area contributed by atoms with Gasteiger partial charge in [0, 0.05) is 12.7 Å². The van der Waals surface area contributed by atoms with Crippen molar-refractivity contribution >= 4 is 22.9 Å². The van der Waals surface area contributed by atoms with Crippen LogP contribution in [0.15, 0.2) is 94.7 Å². The lowest BCUT2D eigenvalue weighted by Crippen LogP contribution is -2.55. The predicted octanol–water partition coefficient (Wildman–Crippen LogP) is 3.77. The minimum absolute atomic E-state index is 0.0604. The predicted molar refractivity (Wildman–Crippen MR) is 145 cm³/mol. The van der Waals surface area contributed by atoms with Crippen LogP contribution in [-0.2, 0) is 28.9 Å². The fourth-order valence-corrected chi connectivity index (χ4v) is 5.45. The minimum atomic E-state index is -2.26. The zero-order valence-electron chi connectivity index (χ0n) is 21.7. The first-order valence-corrected chi connectivity index (χ1v) is 13.4. The van der Waals surface area contributed by atoms with E-state index in [1.807, 2.05) is 0 Å². The highest BCUT2D eigenvalue weighted by molar-refractivity contribution is 7.86. The maximum absolute atomic E-state index is 14.7. The second-order valence-electron chi connectivity index (χ2n) is 8.96. The van der Waals surface area contributed by atoms with E-state index >= 15 is 0 Å². The van der Waals surface area contributed by atoms with E-state index in [9.17, 15) is 27.4 Å². The van der Waals surface area contributed by atoms with E-state index in [4.69, 9.17) is 9.47 Å². The van der Waals surface area contributed by atoms with Crippen molar-refractivity contribution in [2.45, 2.75) is 18.0 Å². The molecule has 0 bridgehead atoms. The van der Waals surface area contributed by atoms with E-state index in [-0.39, 0.29) is 30.4 Å². The van der Waals surface area contributed by atoms with Crippen molar-refractivity contribution in [2.24, 2.45) is 0 Å². The minimum Gasteiger partial charge on any atom is -0.482 e. The molecule has 1 atom stereocenters. The van der Waals surface area contributed by atoms with Crippen LogP contribution in [0.4, 0.5) is 8.78 Å². The number of hydrogen-bond donors (Lipinski definition) is 0. The molecule has 4 aromatic rings. The number of methoxy groups -OCH3 is 1. The number of ether oxygens (including phenoxy) is 2. The molecule has 0 N–H and O–H groups in total. The van der Waals surface area contributed by atoms with Gasteiger partial charge in [-0.15, -0.1) is 0 Å². The quantitative estimate of drug-likeness (QED) is 0.295. The Hall–Kier alpha value is -4.84. The van der Waals surface area contributed by atoms with E-state index in [0.717, 1.165) is 28.5 Å². The summed E-state index contributed by atoms with van der Waals surface area (Å²) < 4.78 is 54.9. The van der Waals surface area contributed by atoms with E-state index in [2.05, 4.69) is 0 Å². The molecule has 12 heteroatoms. The molecule has 2 heterocycles. The van der Waals surface area contributed by atoms with Crippen LogP contribution in [0.5, 0.6) is 5.75 Å². The number of carbonyl (C=O) groups excluding carboxylic acids is 2. The molecular weight excluding hydrogens is 556 g/mol. The second-order valence-corrected chi connectivity index (χ2v) is 10.3. The number of carbonyl (C=O) groups is 2. The molecule has 0 fully saturated rings. The van der Waals surface area contributed by atoms with Gasteiger partial charge in [-0.1, -0.05) is 54.6 Å². The molecule has 1 unspecified atom stereocenters.